The molecule has 2 rings (SSSR count). The van der Waals surface area contributed by atoms with Gasteiger partial charge in [-0.05, 0) is 41.0 Å². The van der Waals surface area contributed by atoms with E-state index in [1.165, 1.54) is 0 Å². The van der Waals surface area contributed by atoms with E-state index in [-0.39, 0.29) is 6.04 Å². The van der Waals surface area contributed by atoms with Gasteiger partial charge in [0.15, 0.2) is 5.82 Å². The van der Waals surface area contributed by atoms with Crippen LogP contribution in [-0.2, 0) is 0 Å². The van der Waals surface area contributed by atoms with Crippen LogP contribution in [-0.4, -0.2) is 20.2 Å². The van der Waals surface area contributed by atoms with Gasteiger partial charge in [0.1, 0.15) is 0 Å². The molecule has 2 aromatic rings. The first-order valence-corrected chi connectivity index (χ1v) is 6.75. The van der Waals surface area contributed by atoms with E-state index < -0.39 is 0 Å². The molecule has 1 unspecified atom stereocenters. The van der Waals surface area contributed by atoms with E-state index >= 15 is 0 Å². The van der Waals surface area contributed by atoms with E-state index in [0.29, 0.717) is 16.6 Å². The summed E-state index contributed by atoms with van der Waals surface area (Å²) in [6, 6.07) is 5.72. The standard InChI is InChI=1S/C13H18ClN5/c1-4-12(8(2)3)19-13(16-17-18-19)9-5-6-10(14)11(15)7-9/h5-8,12H,4,15H2,1-3H3. The third-order valence-corrected chi connectivity index (χ3v) is 3.59. The van der Waals surface area contributed by atoms with E-state index in [0.717, 1.165) is 17.8 Å². The molecule has 1 aromatic carbocycles. The van der Waals surface area contributed by atoms with Crippen LogP contribution >= 0.6 is 11.6 Å². The SMILES string of the molecule is CCC(C(C)C)n1nnnc1-c1ccc(Cl)c(N)c1. The zero-order chi connectivity index (χ0) is 14.0. The fraction of sp³-hybridized carbons (Fsp3) is 0.462. The molecule has 1 atom stereocenters. The van der Waals surface area contributed by atoms with Crippen LogP contribution < -0.4 is 5.73 Å². The van der Waals surface area contributed by atoms with Gasteiger partial charge in [0.05, 0.1) is 16.8 Å². The minimum absolute atomic E-state index is 0.266. The van der Waals surface area contributed by atoms with Crippen molar-refractivity contribution >= 4 is 17.3 Å². The average molecular weight is 280 g/mol. The molecule has 0 aliphatic heterocycles. The maximum atomic E-state index is 5.94. The monoisotopic (exact) mass is 279 g/mol. The van der Waals surface area contributed by atoms with Gasteiger partial charge >= 0.3 is 0 Å². The molecule has 0 amide bonds. The molecule has 19 heavy (non-hydrogen) atoms. The third kappa shape index (κ3) is 2.71. The second kappa shape index (κ2) is 5.57. The lowest BCUT2D eigenvalue weighted by atomic mass is 10.0. The quantitative estimate of drug-likeness (QED) is 0.873. The van der Waals surface area contributed by atoms with Crippen molar-refractivity contribution in [3.63, 3.8) is 0 Å². The van der Waals surface area contributed by atoms with Crippen LogP contribution in [0.15, 0.2) is 18.2 Å². The zero-order valence-corrected chi connectivity index (χ0v) is 12.1. The summed E-state index contributed by atoms with van der Waals surface area (Å²) in [5.74, 6) is 1.18. The van der Waals surface area contributed by atoms with Crippen molar-refractivity contribution < 1.29 is 0 Å². The molecule has 1 aromatic heterocycles. The fourth-order valence-corrected chi connectivity index (χ4v) is 2.33. The van der Waals surface area contributed by atoms with Gasteiger partial charge in [0.25, 0.3) is 0 Å². The van der Waals surface area contributed by atoms with Crippen molar-refractivity contribution in [2.24, 2.45) is 5.92 Å². The van der Waals surface area contributed by atoms with Crippen molar-refractivity contribution in [1.82, 2.24) is 20.2 Å². The topological polar surface area (TPSA) is 69.6 Å². The van der Waals surface area contributed by atoms with Gasteiger partial charge in [0, 0.05) is 5.56 Å². The van der Waals surface area contributed by atoms with Crippen LogP contribution in [0.25, 0.3) is 11.4 Å². The minimum Gasteiger partial charge on any atom is -0.398 e. The summed E-state index contributed by atoms with van der Waals surface area (Å²) in [6.45, 7) is 6.46. The lowest BCUT2D eigenvalue weighted by Gasteiger charge is -2.20. The number of nitrogens with two attached hydrogens (primary N) is 1. The Morgan fingerprint density at radius 3 is 2.68 bits per heavy atom. The number of anilines is 1. The Labute approximate surface area is 117 Å². The largest absolute Gasteiger partial charge is 0.398 e. The highest BCUT2D eigenvalue weighted by atomic mass is 35.5. The Balaban J connectivity index is 2.46. The van der Waals surface area contributed by atoms with E-state index in [1.54, 1.807) is 12.1 Å². The summed E-state index contributed by atoms with van der Waals surface area (Å²) in [5, 5.41) is 12.6. The lowest BCUT2D eigenvalue weighted by molar-refractivity contribution is 0.333. The number of nitrogens with zero attached hydrogens (tertiary/aromatic N) is 4. The first kappa shape index (κ1) is 13.8. The number of benzene rings is 1. The van der Waals surface area contributed by atoms with E-state index in [2.05, 4.69) is 36.3 Å². The summed E-state index contributed by atoms with van der Waals surface area (Å²) < 4.78 is 1.87. The van der Waals surface area contributed by atoms with Crippen LogP contribution in [0, 0.1) is 5.92 Å². The van der Waals surface area contributed by atoms with Crippen molar-refractivity contribution in [1.29, 1.82) is 0 Å². The fourth-order valence-electron chi connectivity index (χ4n) is 2.22. The lowest BCUT2D eigenvalue weighted by Crippen LogP contribution is -2.17. The molecule has 0 aliphatic rings. The molecule has 5 nitrogen and oxygen atoms in total. The highest BCUT2D eigenvalue weighted by molar-refractivity contribution is 6.33. The smallest absolute Gasteiger partial charge is 0.182 e. The second-order valence-corrected chi connectivity index (χ2v) is 5.31. The van der Waals surface area contributed by atoms with Crippen LogP contribution in [0.3, 0.4) is 0 Å². The summed E-state index contributed by atoms with van der Waals surface area (Å²) in [6.07, 6.45) is 0.971. The second-order valence-electron chi connectivity index (χ2n) is 4.90. The van der Waals surface area contributed by atoms with Gasteiger partial charge in [-0.3, -0.25) is 0 Å². The third-order valence-electron chi connectivity index (χ3n) is 3.25. The van der Waals surface area contributed by atoms with Gasteiger partial charge in [-0.15, -0.1) is 5.10 Å². The molecule has 0 bridgehead atoms. The van der Waals surface area contributed by atoms with Crippen LogP contribution in [0.2, 0.25) is 5.02 Å². The van der Waals surface area contributed by atoms with Crippen LogP contribution in [0.1, 0.15) is 33.2 Å². The molecule has 0 saturated heterocycles. The van der Waals surface area contributed by atoms with Crippen LogP contribution in [0.4, 0.5) is 5.69 Å². The molecule has 0 saturated carbocycles. The predicted molar refractivity (Wildman–Crippen MR) is 76.8 cm³/mol. The molecule has 6 heteroatoms. The Morgan fingerprint density at radius 1 is 1.37 bits per heavy atom. The normalized spacial score (nSPS) is 12.9. The Bertz CT molecular complexity index is 564. The molecular weight excluding hydrogens is 262 g/mol. The maximum Gasteiger partial charge on any atom is 0.182 e. The highest BCUT2D eigenvalue weighted by Crippen LogP contribution is 2.29. The molecule has 2 N–H and O–H groups in total. The van der Waals surface area contributed by atoms with E-state index in [4.69, 9.17) is 17.3 Å². The van der Waals surface area contributed by atoms with Crippen molar-refractivity contribution in [2.75, 3.05) is 5.73 Å². The molecule has 102 valence electrons. The Hall–Kier alpha value is -1.62. The zero-order valence-electron chi connectivity index (χ0n) is 11.3. The maximum absolute atomic E-state index is 5.94. The molecule has 0 spiro atoms. The van der Waals surface area contributed by atoms with Crippen molar-refractivity contribution in [3.05, 3.63) is 23.2 Å². The molecule has 0 fully saturated rings. The van der Waals surface area contributed by atoms with Gasteiger partial charge in [0.2, 0.25) is 0 Å². The number of rotatable bonds is 4. The summed E-state index contributed by atoms with van der Waals surface area (Å²) in [7, 11) is 0. The average Bonchev–Trinajstić information content (AvgIpc) is 2.82. The number of aromatic nitrogens is 4. The van der Waals surface area contributed by atoms with Gasteiger partial charge in [-0.1, -0.05) is 32.4 Å². The summed E-state index contributed by atoms with van der Waals surface area (Å²) in [4.78, 5) is 0. The molecular formula is C13H18ClN5. The number of hydrogen-bond donors (Lipinski definition) is 1. The molecule has 1 heterocycles. The van der Waals surface area contributed by atoms with Gasteiger partial charge in [-0.25, -0.2) is 4.68 Å². The van der Waals surface area contributed by atoms with Crippen LogP contribution in [0.5, 0.6) is 0 Å². The summed E-state index contributed by atoms with van der Waals surface area (Å²) in [5.41, 5.74) is 7.25. The Morgan fingerprint density at radius 2 is 2.11 bits per heavy atom. The van der Waals surface area contributed by atoms with E-state index in [9.17, 15) is 0 Å². The molecule has 0 aliphatic carbocycles. The number of tetrazole rings is 1. The Kier molecular flexibility index (Phi) is 4.04. The first-order chi connectivity index (χ1) is 9.04. The van der Waals surface area contributed by atoms with E-state index in [1.807, 2.05) is 10.7 Å². The predicted octanol–water partition coefficient (Wildman–Crippen LogP) is 3.18. The summed E-state index contributed by atoms with van der Waals surface area (Å²) >= 11 is 5.94. The number of nitrogen functional groups attached to an aromatic ring is 1. The molecule has 0 radical (unpaired) electrons. The van der Waals surface area contributed by atoms with Crippen molar-refractivity contribution in [2.45, 2.75) is 33.2 Å². The number of halogens is 1. The number of hydrogen-bond acceptors (Lipinski definition) is 4. The van der Waals surface area contributed by atoms with Gasteiger partial charge in [-0.2, -0.15) is 0 Å². The van der Waals surface area contributed by atoms with Gasteiger partial charge < -0.3 is 5.73 Å². The van der Waals surface area contributed by atoms with Crippen molar-refractivity contribution in [3.8, 4) is 11.4 Å². The highest BCUT2D eigenvalue weighted by Gasteiger charge is 2.20. The first-order valence-electron chi connectivity index (χ1n) is 6.37. The minimum atomic E-state index is 0.266.